The number of halogens is 1. The van der Waals surface area contributed by atoms with Crippen LogP contribution in [0, 0.1) is 7.14 Å². The minimum atomic E-state index is -0.352. The zero-order valence-corrected chi connectivity index (χ0v) is 16.9. The number of hydrogen-bond donors (Lipinski definition) is 2. The van der Waals surface area contributed by atoms with Crippen molar-refractivity contribution >= 4 is 17.5 Å². The average Bonchev–Trinajstić information content (AvgIpc) is 3.06. The van der Waals surface area contributed by atoms with Crippen LogP contribution >= 0.6 is 0 Å². The third-order valence-electron chi connectivity index (χ3n) is 3.45. The van der Waals surface area contributed by atoms with Gasteiger partial charge in [-0.15, -0.1) is 0 Å². The molecule has 136 valence electrons. The number of anilines is 2. The summed E-state index contributed by atoms with van der Waals surface area (Å²) in [5.41, 5.74) is 0.571. The molecule has 0 aliphatic heterocycles. The van der Waals surface area contributed by atoms with Crippen LogP contribution in [0.4, 0.5) is 16.3 Å². The molecule has 0 atom stereocenters. The fourth-order valence-corrected chi connectivity index (χ4v) is 4.20. The van der Waals surface area contributed by atoms with E-state index in [-0.39, 0.29) is 32.7 Å². The van der Waals surface area contributed by atoms with Crippen molar-refractivity contribution < 1.29 is 30.5 Å². The first kappa shape index (κ1) is 18.4. The van der Waals surface area contributed by atoms with Gasteiger partial charge in [0.25, 0.3) is 0 Å². The molecular formula is C19H20IN4O2-. The second-order valence-corrected chi connectivity index (χ2v) is 9.70. The van der Waals surface area contributed by atoms with Crippen LogP contribution in [0.15, 0.2) is 59.4 Å². The predicted octanol–water partition coefficient (Wildman–Crippen LogP) is 1.14. The van der Waals surface area contributed by atoms with E-state index in [1.54, 1.807) is 6.07 Å². The van der Waals surface area contributed by atoms with Crippen molar-refractivity contribution in [3.8, 4) is 0 Å². The number of amides is 2. The average molecular weight is 463 g/mol. The molecule has 26 heavy (non-hydrogen) atoms. The van der Waals surface area contributed by atoms with Crippen LogP contribution < -0.4 is 31.8 Å². The van der Waals surface area contributed by atoms with E-state index in [1.807, 2.05) is 69.6 Å². The van der Waals surface area contributed by atoms with Gasteiger partial charge in [0.1, 0.15) is 0 Å². The Morgan fingerprint density at radius 2 is 1.65 bits per heavy atom. The van der Waals surface area contributed by atoms with Gasteiger partial charge in [-0.1, -0.05) is 0 Å². The summed E-state index contributed by atoms with van der Waals surface area (Å²) in [6.45, 7) is 6.06. The summed E-state index contributed by atoms with van der Waals surface area (Å²) < 4.78 is 7.83. The van der Waals surface area contributed by atoms with Crippen LogP contribution in [-0.2, 0) is 5.41 Å². The summed E-state index contributed by atoms with van der Waals surface area (Å²) in [7, 11) is 0. The SMILES string of the molecule is CC(C)(C)c1cc(NC(=O)Nc2ccc([I-]c3ccncc3)cc2)no1. The number of urea groups is 1. The number of nitrogens with one attached hydrogen (secondary N) is 2. The number of benzene rings is 1. The van der Waals surface area contributed by atoms with Crippen LogP contribution in [0.25, 0.3) is 0 Å². The Morgan fingerprint density at radius 1 is 1.00 bits per heavy atom. The van der Waals surface area contributed by atoms with E-state index in [0.717, 1.165) is 11.4 Å². The minimum absolute atomic E-state index is 0.156. The molecule has 6 nitrogen and oxygen atoms in total. The molecule has 1 aromatic carbocycles. The van der Waals surface area contributed by atoms with Gasteiger partial charge in [-0.05, 0) is 0 Å². The first-order chi connectivity index (χ1) is 12.4. The summed E-state index contributed by atoms with van der Waals surface area (Å²) in [6, 6.07) is 13.3. The normalized spacial score (nSPS) is 11.3. The molecule has 3 rings (SSSR count). The molecule has 7 heteroatoms. The quantitative estimate of drug-likeness (QED) is 0.569. The van der Waals surface area contributed by atoms with Crippen LogP contribution in [0.3, 0.4) is 0 Å². The first-order valence-electron chi connectivity index (χ1n) is 8.10. The number of carbonyl (C=O) groups excluding carboxylic acids is 1. The van der Waals surface area contributed by atoms with E-state index in [0.29, 0.717) is 5.82 Å². The fourth-order valence-electron chi connectivity index (χ4n) is 2.09. The fraction of sp³-hybridized carbons (Fsp3) is 0.211. The van der Waals surface area contributed by atoms with Crippen molar-refractivity contribution in [2.75, 3.05) is 10.6 Å². The number of hydrogen-bond acceptors (Lipinski definition) is 4. The summed E-state index contributed by atoms with van der Waals surface area (Å²) in [4.78, 5) is 16.1. The molecule has 0 radical (unpaired) electrons. The van der Waals surface area contributed by atoms with Gasteiger partial charge >= 0.3 is 163 Å². The summed E-state index contributed by atoms with van der Waals surface area (Å²) in [6.07, 6.45) is 3.62. The second kappa shape index (κ2) is 7.86. The monoisotopic (exact) mass is 463 g/mol. The molecule has 0 fully saturated rings. The van der Waals surface area contributed by atoms with E-state index < -0.39 is 0 Å². The van der Waals surface area contributed by atoms with Crippen LogP contribution in [-0.4, -0.2) is 16.2 Å². The van der Waals surface area contributed by atoms with Crippen molar-refractivity contribution in [3.05, 3.63) is 67.8 Å². The summed E-state index contributed by atoms with van der Waals surface area (Å²) in [5, 5.41) is 9.36. The van der Waals surface area contributed by atoms with Gasteiger partial charge < -0.3 is 0 Å². The number of rotatable bonds is 4. The zero-order chi connectivity index (χ0) is 18.6. The maximum atomic E-state index is 12.1. The van der Waals surface area contributed by atoms with Gasteiger partial charge in [-0.25, -0.2) is 0 Å². The van der Waals surface area contributed by atoms with Crippen molar-refractivity contribution in [2.45, 2.75) is 26.2 Å². The van der Waals surface area contributed by atoms with Gasteiger partial charge in [0.15, 0.2) is 0 Å². The summed E-state index contributed by atoms with van der Waals surface area (Å²) >= 11 is -0.245. The van der Waals surface area contributed by atoms with Gasteiger partial charge in [0, 0.05) is 0 Å². The van der Waals surface area contributed by atoms with Gasteiger partial charge in [0.2, 0.25) is 0 Å². The molecule has 0 aliphatic carbocycles. The van der Waals surface area contributed by atoms with E-state index in [2.05, 4.69) is 20.8 Å². The maximum absolute atomic E-state index is 12.1. The molecule has 0 saturated heterocycles. The molecular weight excluding hydrogens is 443 g/mol. The second-order valence-electron chi connectivity index (χ2n) is 6.67. The molecule has 0 spiro atoms. The van der Waals surface area contributed by atoms with Crippen LogP contribution in [0.1, 0.15) is 26.5 Å². The Hall–Kier alpha value is -2.42. The molecule has 2 N–H and O–H groups in total. The third-order valence-corrected chi connectivity index (χ3v) is 6.13. The van der Waals surface area contributed by atoms with E-state index in [1.165, 1.54) is 7.14 Å². The first-order valence-corrected chi connectivity index (χ1v) is 10.3. The Labute approximate surface area is 162 Å². The number of pyridine rings is 1. The Bertz CT molecular complexity index is 871. The zero-order valence-electron chi connectivity index (χ0n) is 14.8. The van der Waals surface area contributed by atoms with Crippen molar-refractivity contribution in [3.63, 3.8) is 0 Å². The number of aromatic nitrogens is 2. The number of carbonyl (C=O) groups is 1. The van der Waals surface area contributed by atoms with Crippen molar-refractivity contribution in [1.29, 1.82) is 0 Å². The van der Waals surface area contributed by atoms with E-state index in [4.69, 9.17) is 4.52 Å². The molecule has 0 unspecified atom stereocenters. The molecule has 2 aromatic heterocycles. The number of nitrogens with zero attached hydrogens (tertiary/aromatic N) is 2. The topological polar surface area (TPSA) is 80.0 Å². The van der Waals surface area contributed by atoms with Gasteiger partial charge in [-0.2, -0.15) is 0 Å². The molecule has 0 bridgehead atoms. The van der Waals surface area contributed by atoms with Crippen molar-refractivity contribution in [2.24, 2.45) is 0 Å². The van der Waals surface area contributed by atoms with E-state index in [9.17, 15) is 4.79 Å². The molecule has 3 aromatic rings. The molecule has 2 amide bonds. The Morgan fingerprint density at radius 3 is 2.27 bits per heavy atom. The van der Waals surface area contributed by atoms with Gasteiger partial charge in [-0.3, -0.25) is 0 Å². The van der Waals surface area contributed by atoms with Gasteiger partial charge in [0.05, 0.1) is 0 Å². The van der Waals surface area contributed by atoms with E-state index >= 15 is 0 Å². The molecule has 0 aliphatic rings. The Balaban J connectivity index is 1.57. The molecule has 0 saturated carbocycles. The summed E-state index contributed by atoms with van der Waals surface area (Å²) in [5.74, 6) is 1.12. The van der Waals surface area contributed by atoms with Crippen LogP contribution in [0.2, 0.25) is 0 Å². The standard InChI is InChI=1S/C19H20IN4O2/c1-19(2,3)16-12-17(24-26-16)23-18(25)22-15-6-4-13(5-7-15)20-14-8-10-21-11-9-14/h4-12H,1-3H3,(H2,22,23,24,25)/q-1. The van der Waals surface area contributed by atoms with Crippen LogP contribution in [0.5, 0.6) is 0 Å². The van der Waals surface area contributed by atoms with Crippen molar-refractivity contribution in [1.82, 2.24) is 10.1 Å². The third kappa shape index (κ3) is 5.04. The predicted molar refractivity (Wildman–Crippen MR) is 95.9 cm³/mol. The molecule has 2 heterocycles. The Kier molecular flexibility index (Phi) is 5.55.